The van der Waals surface area contributed by atoms with Crippen LogP contribution in [0.4, 0.5) is 0 Å². The summed E-state index contributed by atoms with van der Waals surface area (Å²) in [6.07, 6.45) is 108. The van der Waals surface area contributed by atoms with Crippen LogP contribution in [0.3, 0.4) is 0 Å². The first-order valence-electron chi connectivity index (χ1n) is 36.4. The van der Waals surface area contributed by atoms with Gasteiger partial charge in [-0.15, -0.1) is 0 Å². The van der Waals surface area contributed by atoms with Gasteiger partial charge in [-0.05, 0) is 77.0 Å². The summed E-state index contributed by atoms with van der Waals surface area (Å²) in [5, 5.41) is 23.5. The maximum Gasteiger partial charge on any atom is 0.220 e. The summed E-state index contributed by atoms with van der Waals surface area (Å²) in [6, 6.07) is -0.545. The van der Waals surface area contributed by atoms with Gasteiger partial charge in [0, 0.05) is 6.42 Å². The topological polar surface area (TPSA) is 69.6 Å². The Labute approximate surface area is 513 Å². The number of amides is 1. The molecular formula is C78H141NO3. The van der Waals surface area contributed by atoms with Gasteiger partial charge in [-0.2, -0.15) is 0 Å². The van der Waals surface area contributed by atoms with Crippen molar-refractivity contribution in [2.75, 3.05) is 6.61 Å². The largest absolute Gasteiger partial charge is 0.394 e. The van der Waals surface area contributed by atoms with E-state index < -0.39 is 12.1 Å². The van der Waals surface area contributed by atoms with Crippen molar-refractivity contribution in [2.45, 2.75) is 386 Å². The van der Waals surface area contributed by atoms with Gasteiger partial charge in [-0.3, -0.25) is 4.79 Å². The van der Waals surface area contributed by atoms with E-state index in [4.69, 9.17) is 0 Å². The molecule has 0 fully saturated rings. The van der Waals surface area contributed by atoms with E-state index in [-0.39, 0.29) is 12.5 Å². The summed E-state index contributed by atoms with van der Waals surface area (Å²) in [6.45, 7) is 4.28. The van der Waals surface area contributed by atoms with Crippen LogP contribution in [0.1, 0.15) is 373 Å². The molecule has 0 aromatic rings. The van der Waals surface area contributed by atoms with E-state index in [0.717, 1.165) is 77.0 Å². The smallest absolute Gasteiger partial charge is 0.220 e. The zero-order valence-electron chi connectivity index (χ0n) is 55.0. The predicted octanol–water partition coefficient (Wildman–Crippen LogP) is 25.2. The normalized spacial score (nSPS) is 13.3. The zero-order chi connectivity index (χ0) is 59.1. The molecule has 0 aliphatic heterocycles. The molecule has 0 saturated heterocycles. The lowest BCUT2D eigenvalue weighted by Crippen LogP contribution is -2.45. The quantitative estimate of drug-likeness (QED) is 0.0420. The van der Waals surface area contributed by atoms with Crippen molar-refractivity contribution < 1.29 is 15.0 Å². The van der Waals surface area contributed by atoms with Gasteiger partial charge in [0.15, 0.2) is 0 Å². The Kier molecular flexibility index (Phi) is 70.2. The van der Waals surface area contributed by atoms with Gasteiger partial charge in [0.1, 0.15) is 0 Å². The first-order chi connectivity index (χ1) is 40.7. The number of carbonyl (C=O) groups is 1. The fraction of sp³-hybridized carbons (Fsp3) is 0.782. The number of carbonyl (C=O) groups excluding carboxylic acids is 1. The van der Waals surface area contributed by atoms with Gasteiger partial charge in [0.2, 0.25) is 5.91 Å². The molecule has 0 bridgehead atoms. The number of hydrogen-bond acceptors (Lipinski definition) is 3. The summed E-state index contributed by atoms with van der Waals surface area (Å²) in [7, 11) is 0. The van der Waals surface area contributed by atoms with Gasteiger partial charge in [-0.1, -0.05) is 387 Å². The fourth-order valence-electron chi connectivity index (χ4n) is 11.1. The van der Waals surface area contributed by atoms with Gasteiger partial charge in [-0.25, -0.2) is 0 Å². The second-order valence-electron chi connectivity index (χ2n) is 24.6. The Morgan fingerprint density at radius 1 is 0.305 bits per heavy atom. The third kappa shape index (κ3) is 68.1. The van der Waals surface area contributed by atoms with E-state index in [1.165, 1.54) is 270 Å². The van der Waals surface area contributed by atoms with Crippen molar-refractivity contribution >= 4 is 5.91 Å². The van der Waals surface area contributed by atoms with E-state index in [1.807, 2.05) is 0 Å². The van der Waals surface area contributed by atoms with Crippen LogP contribution in [0.25, 0.3) is 0 Å². The second-order valence-corrected chi connectivity index (χ2v) is 24.6. The molecular weight excluding hydrogens is 999 g/mol. The van der Waals surface area contributed by atoms with Crippen molar-refractivity contribution in [3.63, 3.8) is 0 Å². The summed E-state index contributed by atoms with van der Waals surface area (Å²) >= 11 is 0. The Morgan fingerprint density at radius 2 is 0.537 bits per heavy atom. The van der Waals surface area contributed by atoms with Gasteiger partial charge in [0.05, 0.1) is 18.8 Å². The van der Waals surface area contributed by atoms with Crippen molar-refractivity contribution in [1.29, 1.82) is 0 Å². The molecule has 82 heavy (non-hydrogen) atoms. The minimum Gasteiger partial charge on any atom is -0.394 e. The molecule has 2 atom stereocenters. The third-order valence-corrected chi connectivity index (χ3v) is 16.6. The highest BCUT2D eigenvalue weighted by Crippen LogP contribution is 2.19. The van der Waals surface area contributed by atoms with E-state index in [1.54, 1.807) is 0 Å². The Morgan fingerprint density at radius 3 is 0.805 bits per heavy atom. The van der Waals surface area contributed by atoms with Crippen LogP contribution >= 0.6 is 0 Å². The molecule has 0 aliphatic rings. The molecule has 4 heteroatoms. The molecule has 0 saturated carbocycles. The van der Waals surface area contributed by atoms with E-state index in [0.29, 0.717) is 12.8 Å². The van der Waals surface area contributed by atoms with Crippen LogP contribution in [0.15, 0.2) is 97.2 Å². The van der Waals surface area contributed by atoms with Gasteiger partial charge < -0.3 is 15.5 Å². The Balaban J connectivity index is 3.46. The number of nitrogens with one attached hydrogen (secondary N) is 1. The molecule has 0 radical (unpaired) electrons. The number of rotatable bonds is 67. The summed E-state index contributed by atoms with van der Waals surface area (Å²) in [5.41, 5.74) is 0. The Bertz CT molecular complexity index is 1480. The first-order valence-corrected chi connectivity index (χ1v) is 36.4. The van der Waals surface area contributed by atoms with Crippen LogP contribution < -0.4 is 5.32 Å². The maximum atomic E-state index is 12.6. The standard InChI is InChI=1S/C78H141NO3/c1-3-5-7-9-11-13-15-17-19-21-23-25-27-29-31-33-35-37-38-39-40-42-44-46-48-50-52-54-56-58-60-62-64-66-68-70-72-74-78(82)79-76(75-80)77(81)73-71-69-67-65-63-61-59-57-55-53-51-49-47-45-43-41-36-34-32-30-28-26-24-22-20-18-16-14-12-10-8-6-4-2/h5,7,11,13,17,19,23,25,29,31,35,37,39-40,44,46,76-77,80-81H,3-4,6,8-10,12,14-16,18,20-22,24,26-28,30,32-34,36,38,41-43,45,47-75H2,1-2H3,(H,79,82)/b7-5-,13-11-,19-17-,25-23-,31-29-,37-35-,40-39-,46-44-. The summed E-state index contributed by atoms with van der Waals surface area (Å²) in [4.78, 5) is 12.6. The van der Waals surface area contributed by atoms with Crippen molar-refractivity contribution in [3.8, 4) is 0 Å². The SMILES string of the molecule is CC/C=C\C/C=C\C/C=C\C/C=C\C/C=C\C/C=C\C/C=C\C/C=C\CCCCCCCCCCCCCCC(=O)NC(CO)C(O)CCCCCCCCCCCCCCCCCCCCCCCCCCCCCCCCCCC. The summed E-state index contributed by atoms with van der Waals surface area (Å²) in [5.74, 6) is -0.0316. The molecule has 3 N–H and O–H groups in total. The molecule has 0 rings (SSSR count). The highest BCUT2D eigenvalue weighted by atomic mass is 16.3. The number of allylic oxidation sites excluding steroid dienone is 16. The number of aliphatic hydroxyl groups is 2. The van der Waals surface area contributed by atoms with E-state index in [9.17, 15) is 15.0 Å². The molecule has 0 aromatic carbocycles. The van der Waals surface area contributed by atoms with Crippen LogP contribution in [0.5, 0.6) is 0 Å². The lowest BCUT2D eigenvalue weighted by Gasteiger charge is -2.22. The highest BCUT2D eigenvalue weighted by molar-refractivity contribution is 5.76. The fourth-order valence-corrected chi connectivity index (χ4v) is 11.1. The van der Waals surface area contributed by atoms with Crippen molar-refractivity contribution in [2.24, 2.45) is 0 Å². The molecule has 0 spiro atoms. The molecule has 0 heterocycles. The number of aliphatic hydroxyl groups excluding tert-OH is 2. The first kappa shape index (κ1) is 79.3. The third-order valence-electron chi connectivity index (χ3n) is 16.6. The minimum absolute atomic E-state index is 0.0316. The summed E-state index contributed by atoms with van der Waals surface area (Å²) < 4.78 is 0. The molecule has 2 unspecified atom stereocenters. The van der Waals surface area contributed by atoms with Gasteiger partial charge in [0.25, 0.3) is 0 Å². The van der Waals surface area contributed by atoms with Crippen LogP contribution in [0, 0.1) is 0 Å². The molecule has 1 amide bonds. The second kappa shape index (κ2) is 72.6. The molecule has 4 nitrogen and oxygen atoms in total. The Hall–Kier alpha value is -2.69. The minimum atomic E-state index is -0.668. The maximum absolute atomic E-state index is 12.6. The molecule has 0 aromatic heterocycles. The predicted molar refractivity (Wildman–Crippen MR) is 368 cm³/mol. The van der Waals surface area contributed by atoms with E-state index >= 15 is 0 Å². The monoisotopic (exact) mass is 1140 g/mol. The van der Waals surface area contributed by atoms with Crippen LogP contribution in [-0.4, -0.2) is 34.9 Å². The molecule has 0 aliphatic carbocycles. The van der Waals surface area contributed by atoms with E-state index in [2.05, 4.69) is 116 Å². The lowest BCUT2D eigenvalue weighted by molar-refractivity contribution is -0.123. The van der Waals surface area contributed by atoms with Crippen molar-refractivity contribution in [3.05, 3.63) is 97.2 Å². The number of unbranched alkanes of at least 4 members (excludes halogenated alkanes) is 44. The lowest BCUT2D eigenvalue weighted by atomic mass is 10.0. The van der Waals surface area contributed by atoms with Crippen LogP contribution in [0.2, 0.25) is 0 Å². The average Bonchev–Trinajstić information content (AvgIpc) is 3.50. The molecule has 476 valence electrons. The van der Waals surface area contributed by atoms with Gasteiger partial charge >= 0.3 is 0 Å². The number of hydrogen-bond donors (Lipinski definition) is 3. The van der Waals surface area contributed by atoms with Crippen molar-refractivity contribution in [1.82, 2.24) is 5.32 Å². The zero-order valence-corrected chi connectivity index (χ0v) is 55.0. The van der Waals surface area contributed by atoms with Crippen LogP contribution in [-0.2, 0) is 4.79 Å². The average molecular weight is 1140 g/mol. The highest BCUT2D eigenvalue weighted by Gasteiger charge is 2.20.